The van der Waals surface area contributed by atoms with Gasteiger partial charge >= 0.3 is 11.6 Å². The van der Waals surface area contributed by atoms with E-state index in [1.165, 1.54) is 6.33 Å². The first-order valence-electron chi connectivity index (χ1n) is 8.56. The molecule has 3 aromatic rings. The number of nitro groups is 1. The molecule has 0 amide bonds. The molecule has 28 heavy (non-hydrogen) atoms. The summed E-state index contributed by atoms with van der Waals surface area (Å²) < 4.78 is 5.75. The summed E-state index contributed by atoms with van der Waals surface area (Å²) in [5.41, 5.74) is 2.35. The Labute approximate surface area is 167 Å². The second-order valence-corrected chi connectivity index (χ2v) is 6.80. The topological polar surface area (TPSA) is 81.4 Å². The molecule has 0 aliphatic rings. The molecule has 3 rings (SSSR count). The Balaban J connectivity index is 1.97. The lowest BCUT2D eigenvalue weighted by Crippen LogP contribution is -2.19. The number of benzene rings is 2. The van der Waals surface area contributed by atoms with Crippen LogP contribution in [0.4, 0.5) is 11.5 Å². The number of hydrogen-bond acceptors (Lipinski definition) is 6. The van der Waals surface area contributed by atoms with Gasteiger partial charge in [0.2, 0.25) is 5.82 Å². The molecule has 144 valence electrons. The van der Waals surface area contributed by atoms with Crippen LogP contribution in [0.5, 0.6) is 11.6 Å². The highest BCUT2D eigenvalue weighted by atomic mass is 35.5. The van der Waals surface area contributed by atoms with Gasteiger partial charge in [-0.05, 0) is 42.7 Å². The van der Waals surface area contributed by atoms with Crippen LogP contribution in [0.2, 0.25) is 5.02 Å². The molecule has 0 spiro atoms. The fourth-order valence-corrected chi connectivity index (χ4v) is 2.99. The van der Waals surface area contributed by atoms with Crippen LogP contribution in [-0.2, 0) is 6.54 Å². The fraction of sp³-hybridized carbons (Fsp3) is 0.200. The number of aromatic nitrogens is 2. The molecular formula is C20H19ClN4O3. The third kappa shape index (κ3) is 4.20. The van der Waals surface area contributed by atoms with E-state index < -0.39 is 4.92 Å². The Morgan fingerprint density at radius 1 is 1.14 bits per heavy atom. The Hall–Kier alpha value is -3.19. The van der Waals surface area contributed by atoms with Gasteiger partial charge in [0.15, 0.2) is 0 Å². The molecule has 7 nitrogen and oxygen atoms in total. The Morgan fingerprint density at radius 3 is 2.39 bits per heavy atom. The first-order chi connectivity index (χ1) is 13.4. The van der Waals surface area contributed by atoms with Crippen LogP contribution < -0.4 is 9.64 Å². The van der Waals surface area contributed by atoms with Gasteiger partial charge in [-0.1, -0.05) is 41.9 Å². The lowest BCUT2D eigenvalue weighted by atomic mass is 10.1. The fourth-order valence-electron chi connectivity index (χ4n) is 2.88. The summed E-state index contributed by atoms with van der Waals surface area (Å²) in [5, 5.41) is 12.4. The van der Waals surface area contributed by atoms with E-state index in [4.69, 9.17) is 16.3 Å². The summed E-state index contributed by atoms with van der Waals surface area (Å²) in [5.74, 6) is 0.496. The van der Waals surface area contributed by atoms with E-state index >= 15 is 0 Å². The van der Waals surface area contributed by atoms with Gasteiger partial charge in [0.05, 0.1) is 4.92 Å². The highest BCUT2D eigenvalue weighted by molar-refractivity contribution is 6.32. The zero-order chi connectivity index (χ0) is 20.3. The van der Waals surface area contributed by atoms with E-state index in [0.717, 1.165) is 16.7 Å². The molecule has 1 aromatic heterocycles. The minimum atomic E-state index is -0.526. The van der Waals surface area contributed by atoms with Gasteiger partial charge in [-0.25, -0.2) is 4.98 Å². The number of ether oxygens (including phenoxy) is 1. The SMILES string of the molecule is Cc1cc(Oc2ncnc(N(C)Cc3ccccc3)c2[N+](=O)[O-])cc(C)c1Cl. The van der Waals surface area contributed by atoms with Crippen LogP contribution in [-0.4, -0.2) is 21.9 Å². The molecule has 1 heterocycles. The second-order valence-electron chi connectivity index (χ2n) is 6.42. The number of aryl methyl sites for hydroxylation is 2. The zero-order valence-electron chi connectivity index (χ0n) is 15.7. The summed E-state index contributed by atoms with van der Waals surface area (Å²) in [6.45, 7) is 4.14. The van der Waals surface area contributed by atoms with Gasteiger partial charge in [0.25, 0.3) is 0 Å². The van der Waals surface area contributed by atoms with E-state index in [2.05, 4.69) is 9.97 Å². The van der Waals surface area contributed by atoms with Gasteiger partial charge < -0.3 is 9.64 Å². The van der Waals surface area contributed by atoms with Crippen LogP contribution in [0.3, 0.4) is 0 Å². The molecule has 0 saturated heterocycles. The first-order valence-corrected chi connectivity index (χ1v) is 8.93. The Morgan fingerprint density at radius 2 is 1.79 bits per heavy atom. The largest absolute Gasteiger partial charge is 0.434 e. The van der Waals surface area contributed by atoms with E-state index in [0.29, 0.717) is 17.3 Å². The average Bonchev–Trinajstić information content (AvgIpc) is 2.66. The van der Waals surface area contributed by atoms with E-state index in [-0.39, 0.29) is 17.4 Å². The Kier molecular flexibility index (Phi) is 5.75. The molecular weight excluding hydrogens is 380 g/mol. The third-order valence-corrected chi connectivity index (χ3v) is 4.80. The predicted molar refractivity (Wildman–Crippen MR) is 108 cm³/mol. The molecule has 0 radical (unpaired) electrons. The smallest absolute Gasteiger partial charge is 0.373 e. The normalized spacial score (nSPS) is 10.6. The van der Waals surface area contributed by atoms with Crippen molar-refractivity contribution in [1.29, 1.82) is 0 Å². The number of rotatable bonds is 6. The molecule has 0 atom stereocenters. The Bertz CT molecular complexity index is 989. The minimum Gasteiger partial charge on any atom is -0.434 e. The maximum Gasteiger partial charge on any atom is 0.373 e. The number of nitrogens with zero attached hydrogens (tertiary/aromatic N) is 4. The van der Waals surface area contributed by atoms with Crippen molar-refractivity contribution in [2.75, 3.05) is 11.9 Å². The molecule has 2 aromatic carbocycles. The molecule has 8 heteroatoms. The molecule has 0 saturated carbocycles. The van der Waals surface area contributed by atoms with E-state index in [9.17, 15) is 10.1 Å². The number of halogens is 1. The van der Waals surface area contributed by atoms with Crippen molar-refractivity contribution >= 4 is 23.1 Å². The second kappa shape index (κ2) is 8.22. The maximum atomic E-state index is 11.8. The zero-order valence-corrected chi connectivity index (χ0v) is 16.5. The van der Waals surface area contributed by atoms with Gasteiger partial charge in [-0.15, -0.1) is 0 Å². The highest BCUT2D eigenvalue weighted by Crippen LogP contribution is 2.37. The molecule has 0 bridgehead atoms. The predicted octanol–water partition coefficient (Wildman–Crippen LogP) is 5.08. The van der Waals surface area contributed by atoms with Gasteiger partial charge in [0, 0.05) is 18.6 Å². The standard InChI is InChI=1S/C20H19ClN4O3/c1-13-9-16(10-14(2)17(13)21)28-20-18(25(26)27)19(22-12-23-20)24(3)11-15-7-5-4-6-8-15/h4-10,12H,11H2,1-3H3. The molecule has 0 N–H and O–H groups in total. The number of anilines is 1. The van der Waals surface area contributed by atoms with Crippen molar-refractivity contribution < 1.29 is 9.66 Å². The van der Waals surface area contributed by atoms with Crippen molar-refractivity contribution in [2.24, 2.45) is 0 Å². The van der Waals surface area contributed by atoms with Crippen LogP contribution in [0.25, 0.3) is 0 Å². The van der Waals surface area contributed by atoms with E-state index in [1.807, 2.05) is 44.2 Å². The lowest BCUT2D eigenvalue weighted by molar-refractivity contribution is -0.385. The van der Waals surface area contributed by atoms with Crippen molar-refractivity contribution in [3.8, 4) is 11.6 Å². The highest BCUT2D eigenvalue weighted by Gasteiger charge is 2.27. The van der Waals surface area contributed by atoms with Crippen LogP contribution >= 0.6 is 11.6 Å². The average molecular weight is 399 g/mol. The lowest BCUT2D eigenvalue weighted by Gasteiger charge is -2.18. The summed E-state index contributed by atoms with van der Waals surface area (Å²) in [6.07, 6.45) is 1.26. The van der Waals surface area contributed by atoms with Crippen LogP contribution in [0.1, 0.15) is 16.7 Å². The van der Waals surface area contributed by atoms with Crippen molar-refractivity contribution in [1.82, 2.24) is 9.97 Å². The molecule has 0 fully saturated rings. The number of hydrogen-bond donors (Lipinski definition) is 0. The van der Waals surface area contributed by atoms with Gasteiger partial charge in [-0.3, -0.25) is 10.1 Å². The summed E-state index contributed by atoms with van der Waals surface area (Å²) >= 11 is 6.18. The summed E-state index contributed by atoms with van der Waals surface area (Å²) in [6, 6.07) is 13.1. The van der Waals surface area contributed by atoms with Crippen molar-refractivity contribution in [2.45, 2.75) is 20.4 Å². The van der Waals surface area contributed by atoms with E-state index in [1.54, 1.807) is 24.1 Å². The quantitative estimate of drug-likeness (QED) is 0.425. The van der Waals surface area contributed by atoms with Crippen molar-refractivity contribution in [3.63, 3.8) is 0 Å². The third-order valence-electron chi connectivity index (χ3n) is 4.20. The van der Waals surface area contributed by atoms with Crippen LogP contribution in [0, 0.1) is 24.0 Å². The van der Waals surface area contributed by atoms with Crippen LogP contribution in [0.15, 0.2) is 48.8 Å². The van der Waals surface area contributed by atoms with Gasteiger partial charge in [-0.2, -0.15) is 4.98 Å². The maximum absolute atomic E-state index is 11.8. The van der Waals surface area contributed by atoms with Gasteiger partial charge in [0.1, 0.15) is 12.1 Å². The van der Waals surface area contributed by atoms with Crippen molar-refractivity contribution in [3.05, 3.63) is 80.6 Å². The summed E-state index contributed by atoms with van der Waals surface area (Å²) in [7, 11) is 1.74. The monoisotopic (exact) mass is 398 g/mol. The molecule has 0 unspecified atom stereocenters. The molecule has 0 aliphatic carbocycles. The first kappa shape index (κ1) is 19.6. The minimum absolute atomic E-state index is 0.115. The summed E-state index contributed by atoms with van der Waals surface area (Å²) in [4.78, 5) is 21.1. The molecule has 0 aliphatic heterocycles.